The van der Waals surface area contributed by atoms with Gasteiger partial charge in [0.25, 0.3) is 5.91 Å². The molecule has 5 nitrogen and oxygen atoms in total. The van der Waals surface area contributed by atoms with E-state index in [-0.39, 0.29) is 36.1 Å². The first-order valence-electron chi connectivity index (χ1n) is 7.90. The summed E-state index contributed by atoms with van der Waals surface area (Å²) in [7, 11) is 1.62. The molecule has 0 spiro atoms. The van der Waals surface area contributed by atoms with Crippen molar-refractivity contribution in [1.82, 2.24) is 9.88 Å². The lowest BCUT2D eigenvalue weighted by Crippen LogP contribution is -2.34. The molecule has 1 atom stereocenters. The number of nitrogens with two attached hydrogens (primary N) is 1. The van der Waals surface area contributed by atoms with Crippen LogP contribution < -0.4 is 10.5 Å². The van der Waals surface area contributed by atoms with E-state index in [1.807, 2.05) is 36.1 Å². The van der Waals surface area contributed by atoms with Crippen LogP contribution in [0.2, 0.25) is 0 Å². The van der Waals surface area contributed by atoms with E-state index in [1.54, 1.807) is 7.11 Å². The zero-order valence-corrected chi connectivity index (χ0v) is 16.4. The second-order valence-corrected chi connectivity index (χ2v) is 6.69. The van der Waals surface area contributed by atoms with Gasteiger partial charge in [-0.1, -0.05) is 6.92 Å². The molecule has 1 aliphatic rings. The number of hydrogen-bond donors (Lipinski definition) is 1. The standard InChI is InChI=1S/C18H23N3O2.2ClH/c1-12-8-15(14-9-13(23-3)4-5-16(14)20-12)17(22)21-7-6-18(2,10-19)11-21;;/h4-5,8-9H,6-7,10-11,19H2,1-3H3;2*1H. The van der Waals surface area contributed by atoms with E-state index in [9.17, 15) is 4.79 Å². The van der Waals surface area contributed by atoms with Crippen LogP contribution in [0.1, 0.15) is 29.4 Å². The molecule has 3 rings (SSSR count). The van der Waals surface area contributed by atoms with Crippen molar-refractivity contribution in [1.29, 1.82) is 0 Å². The zero-order chi connectivity index (χ0) is 16.6. The minimum atomic E-state index is 0. The number of aryl methyl sites for hydroxylation is 1. The number of fused-ring (bicyclic) bond motifs is 1. The SMILES string of the molecule is COc1ccc2nc(C)cc(C(=O)N3CCC(C)(CN)C3)c2c1.Cl.Cl. The van der Waals surface area contributed by atoms with Crippen LogP contribution in [0, 0.1) is 12.3 Å². The number of methoxy groups -OCH3 is 1. The summed E-state index contributed by atoms with van der Waals surface area (Å²) in [5.74, 6) is 0.774. The van der Waals surface area contributed by atoms with E-state index in [1.165, 1.54) is 0 Å². The van der Waals surface area contributed by atoms with Crippen LogP contribution in [-0.4, -0.2) is 42.5 Å². The summed E-state index contributed by atoms with van der Waals surface area (Å²) in [6.45, 7) is 6.10. The van der Waals surface area contributed by atoms with Gasteiger partial charge in [-0.2, -0.15) is 0 Å². The number of pyridine rings is 1. The first kappa shape index (κ1) is 21.5. The van der Waals surface area contributed by atoms with E-state index in [2.05, 4.69) is 11.9 Å². The van der Waals surface area contributed by atoms with Gasteiger partial charge in [-0.15, -0.1) is 24.8 Å². The van der Waals surface area contributed by atoms with Gasteiger partial charge < -0.3 is 15.4 Å². The Morgan fingerprint density at radius 3 is 2.68 bits per heavy atom. The lowest BCUT2D eigenvalue weighted by molar-refractivity contribution is 0.0778. The van der Waals surface area contributed by atoms with Crippen molar-refractivity contribution < 1.29 is 9.53 Å². The second kappa shape index (κ2) is 8.21. The highest BCUT2D eigenvalue weighted by Gasteiger charge is 2.35. The monoisotopic (exact) mass is 385 g/mol. The molecule has 0 aliphatic carbocycles. The number of ether oxygens (including phenoxy) is 1. The number of amides is 1. The maximum absolute atomic E-state index is 13.0. The van der Waals surface area contributed by atoms with Crippen LogP contribution in [0.4, 0.5) is 0 Å². The molecule has 1 saturated heterocycles. The second-order valence-electron chi connectivity index (χ2n) is 6.69. The third-order valence-corrected chi connectivity index (χ3v) is 4.71. The van der Waals surface area contributed by atoms with Crippen LogP contribution in [0.15, 0.2) is 24.3 Å². The van der Waals surface area contributed by atoms with E-state index >= 15 is 0 Å². The van der Waals surface area contributed by atoms with Crippen molar-refractivity contribution in [2.75, 3.05) is 26.7 Å². The smallest absolute Gasteiger partial charge is 0.254 e. The van der Waals surface area contributed by atoms with Crippen molar-refractivity contribution in [3.8, 4) is 5.75 Å². The third kappa shape index (κ3) is 4.17. The first-order chi connectivity index (χ1) is 11.0. The van der Waals surface area contributed by atoms with Crippen molar-refractivity contribution in [2.24, 2.45) is 11.1 Å². The Bertz CT molecular complexity index is 769. The van der Waals surface area contributed by atoms with E-state index in [4.69, 9.17) is 10.5 Å². The minimum absolute atomic E-state index is 0. The summed E-state index contributed by atoms with van der Waals surface area (Å²) in [6, 6.07) is 7.51. The van der Waals surface area contributed by atoms with Gasteiger partial charge in [0.1, 0.15) is 5.75 Å². The summed E-state index contributed by atoms with van der Waals surface area (Å²) >= 11 is 0. The molecule has 1 fully saturated rings. The molecule has 1 unspecified atom stereocenters. The maximum atomic E-state index is 13.0. The fourth-order valence-electron chi connectivity index (χ4n) is 3.18. The van der Waals surface area contributed by atoms with Crippen LogP contribution in [-0.2, 0) is 0 Å². The van der Waals surface area contributed by atoms with Crippen molar-refractivity contribution in [2.45, 2.75) is 20.3 Å². The molecule has 138 valence electrons. The molecule has 1 aromatic carbocycles. The number of likely N-dealkylation sites (tertiary alicyclic amines) is 1. The highest BCUT2D eigenvalue weighted by Crippen LogP contribution is 2.31. The maximum Gasteiger partial charge on any atom is 0.254 e. The Morgan fingerprint density at radius 1 is 1.36 bits per heavy atom. The highest BCUT2D eigenvalue weighted by atomic mass is 35.5. The summed E-state index contributed by atoms with van der Waals surface area (Å²) in [5.41, 5.74) is 8.22. The molecular weight excluding hydrogens is 361 g/mol. The average Bonchev–Trinajstić information content (AvgIpc) is 2.96. The summed E-state index contributed by atoms with van der Waals surface area (Å²) in [6.07, 6.45) is 0.945. The molecule has 2 N–H and O–H groups in total. The summed E-state index contributed by atoms with van der Waals surface area (Å²) in [5, 5.41) is 0.835. The molecule has 1 aliphatic heterocycles. The predicted molar refractivity (Wildman–Crippen MR) is 105 cm³/mol. The number of carbonyl (C=O) groups excluding carboxylic acids is 1. The fourth-order valence-corrected chi connectivity index (χ4v) is 3.18. The number of rotatable bonds is 3. The van der Waals surface area contributed by atoms with Crippen LogP contribution in [0.5, 0.6) is 5.75 Å². The molecule has 25 heavy (non-hydrogen) atoms. The number of carbonyl (C=O) groups is 1. The van der Waals surface area contributed by atoms with Crippen molar-refractivity contribution in [3.63, 3.8) is 0 Å². The number of hydrogen-bond acceptors (Lipinski definition) is 4. The molecule has 0 bridgehead atoms. The Kier molecular flexibility index (Phi) is 7.06. The third-order valence-electron chi connectivity index (χ3n) is 4.71. The Hall–Kier alpha value is -1.56. The van der Waals surface area contributed by atoms with Gasteiger partial charge in [0.2, 0.25) is 0 Å². The molecule has 0 radical (unpaired) electrons. The Labute approximate surface area is 160 Å². The van der Waals surface area contributed by atoms with Crippen molar-refractivity contribution in [3.05, 3.63) is 35.5 Å². The molecule has 0 saturated carbocycles. The molecule has 1 amide bonds. The topological polar surface area (TPSA) is 68.5 Å². The molecule has 7 heteroatoms. The van der Waals surface area contributed by atoms with Crippen LogP contribution >= 0.6 is 24.8 Å². The zero-order valence-electron chi connectivity index (χ0n) is 14.7. The van der Waals surface area contributed by atoms with Crippen LogP contribution in [0.25, 0.3) is 10.9 Å². The largest absolute Gasteiger partial charge is 0.497 e. The number of aromatic nitrogens is 1. The number of nitrogens with zero attached hydrogens (tertiary/aromatic N) is 2. The van der Waals surface area contributed by atoms with Gasteiger partial charge >= 0.3 is 0 Å². The fraction of sp³-hybridized carbons (Fsp3) is 0.444. The molecular formula is C18H25Cl2N3O2. The molecule has 1 aromatic heterocycles. The number of benzene rings is 1. The van der Waals surface area contributed by atoms with Gasteiger partial charge in [-0.05, 0) is 49.6 Å². The predicted octanol–water partition coefficient (Wildman–Crippen LogP) is 3.21. The van der Waals surface area contributed by atoms with E-state index in [0.717, 1.165) is 35.3 Å². The van der Waals surface area contributed by atoms with E-state index < -0.39 is 0 Å². The van der Waals surface area contributed by atoms with Crippen LogP contribution in [0.3, 0.4) is 0 Å². The summed E-state index contributed by atoms with van der Waals surface area (Å²) in [4.78, 5) is 19.5. The van der Waals surface area contributed by atoms with Gasteiger partial charge in [0.15, 0.2) is 0 Å². The number of halogens is 2. The van der Waals surface area contributed by atoms with Gasteiger partial charge in [0.05, 0.1) is 18.2 Å². The minimum Gasteiger partial charge on any atom is -0.497 e. The summed E-state index contributed by atoms with van der Waals surface area (Å²) < 4.78 is 5.29. The van der Waals surface area contributed by atoms with Gasteiger partial charge in [0, 0.05) is 24.2 Å². The van der Waals surface area contributed by atoms with Gasteiger partial charge in [-0.25, -0.2) is 0 Å². The Balaban J connectivity index is 0.00000156. The lowest BCUT2D eigenvalue weighted by Gasteiger charge is -2.23. The lowest BCUT2D eigenvalue weighted by atomic mass is 9.90. The quantitative estimate of drug-likeness (QED) is 0.880. The highest BCUT2D eigenvalue weighted by molar-refractivity contribution is 6.06. The van der Waals surface area contributed by atoms with Gasteiger partial charge in [-0.3, -0.25) is 9.78 Å². The Morgan fingerprint density at radius 2 is 2.08 bits per heavy atom. The molecule has 2 heterocycles. The first-order valence-corrected chi connectivity index (χ1v) is 7.90. The van der Waals surface area contributed by atoms with E-state index in [0.29, 0.717) is 18.7 Å². The molecule has 2 aromatic rings. The average molecular weight is 386 g/mol. The normalized spacial score (nSPS) is 19.3. The van der Waals surface area contributed by atoms with Crippen molar-refractivity contribution >= 4 is 41.6 Å².